The van der Waals surface area contributed by atoms with Crippen molar-refractivity contribution in [3.8, 4) is 0 Å². The summed E-state index contributed by atoms with van der Waals surface area (Å²) in [6.45, 7) is 3.47. The summed E-state index contributed by atoms with van der Waals surface area (Å²) < 4.78 is 5.54. The molecule has 0 saturated heterocycles. The SMILES string of the molecule is Cc1[nH]nc(C(=O)NCCCOCc2ccccc2)c1N. The van der Waals surface area contributed by atoms with Crippen LogP contribution in [0.5, 0.6) is 0 Å². The summed E-state index contributed by atoms with van der Waals surface area (Å²) in [4.78, 5) is 11.8. The van der Waals surface area contributed by atoms with Crippen LogP contribution in [-0.4, -0.2) is 29.3 Å². The fourth-order valence-corrected chi connectivity index (χ4v) is 1.84. The van der Waals surface area contributed by atoms with Gasteiger partial charge in [-0.1, -0.05) is 30.3 Å². The summed E-state index contributed by atoms with van der Waals surface area (Å²) >= 11 is 0. The Bertz CT molecular complexity index is 581. The van der Waals surface area contributed by atoms with Crippen molar-refractivity contribution in [3.63, 3.8) is 0 Å². The molecule has 0 unspecified atom stereocenters. The molecule has 2 aromatic rings. The Balaban J connectivity index is 1.62. The van der Waals surface area contributed by atoms with Gasteiger partial charge in [-0.05, 0) is 18.9 Å². The lowest BCUT2D eigenvalue weighted by Crippen LogP contribution is -2.26. The molecule has 1 heterocycles. The van der Waals surface area contributed by atoms with E-state index in [1.54, 1.807) is 6.92 Å². The second-order valence-electron chi connectivity index (χ2n) is 4.76. The molecule has 112 valence electrons. The number of anilines is 1. The monoisotopic (exact) mass is 288 g/mol. The molecule has 1 aromatic heterocycles. The van der Waals surface area contributed by atoms with E-state index in [0.717, 1.165) is 12.0 Å². The van der Waals surface area contributed by atoms with Crippen LogP contribution in [0.3, 0.4) is 0 Å². The number of carbonyl (C=O) groups excluding carboxylic acids is 1. The third-order valence-electron chi connectivity index (χ3n) is 3.07. The molecule has 21 heavy (non-hydrogen) atoms. The zero-order valence-electron chi connectivity index (χ0n) is 12.1. The average Bonchev–Trinajstić information content (AvgIpc) is 2.83. The van der Waals surface area contributed by atoms with E-state index in [-0.39, 0.29) is 11.6 Å². The van der Waals surface area contributed by atoms with Gasteiger partial charge in [0.15, 0.2) is 5.69 Å². The minimum atomic E-state index is -0.264. The van der Waals surface area contributed by atoms with E-state index < -0.39 is 0 Å². The first-order valence-electron chi connectivity index (χ1n) is 6.89. The maximum atomic E-state index is 11.8. The lowest BCUT2D eigenvalue weighted by atomic mass is 10.2. The predicted octanol–water partition coefficient (Wildman–Crippen LogP) is 1.64. The molecule has 0 bridgehead atoms. The van der Waals surface area contributed by atoms with Crippen LogP contribution in [0.4, 0.5) is 5.69 Å². The van der Waals surface area contributed by atoms with Crippen molar-refractivity contribution in [2.24, 2.45) is 0 Å². The Hall–Kier alpha value is -2.34. The number of aromatic nitrogens is 2. The van der Waals surface area contributed by atoms with E-state index in [1.807, 2.05) is 30.3 Å². The highest BCUT2D eigenvalue weighted by atomic mass is 16.5. The summed E-state index contributed by atoms with van der Waals surface area (Å²) in [5.74, 6) is -0.264. The number of hydrogen-bond donors (Lipinski definition) is 3. The number of aromatic amines is 1. The molecule has 0 spiro atoms. The molecule has 6 heteroatoms. The highest BCUT2D eigenvalue weighted by Crippen LogP contribution is 2.11. The van der Waals surface area contributed by atoms with Crippen LogP contribution in [-0.2, 0) is 11.3 Å². The molecule has 0 radical (unpaired) electrons. The number of amides is 1. The number of H-pyrrole nitrogens is 1. The average molecular weight is 288 g/mol. The number of benzene rings is 1. The van der Waals surface area contributed by atoms with Gasteiger partial charge in [0, 0.05) is 13.2 Å². The van der Waals surface area contributed by atoms with Crippen molar-refractivity contribution in [2.75, 3.05) is 18.9 Å². The Kier molecular flexibility index (Phi) is 5.34. The van der Waals surface area contributed by atoms with Crippen molar-refractivity contribution in [2.45, 2.75) is 20.0 Å². The van der Waals surface area contributed by atoms with Gasteiger partial charge in [0.1, 0.15) is 0 Å². The van der Waals surface area contributed by atoms with Gasteiger partial charge in [0.25, 0.3) is 5.91 Å². The van der Waals surface area contributed by atoms with Gasteiger partial charge in [-0.15, -0.1) is 0 Å². The zero-order chi connectivity index (χ0) is 15.1. The molecule has 0 aliphatic rings. The third kappa shape index (κ3) is 4.32. The minimum Gasteiger partial charge on any atom is -0.395 e. The quantitative estimate of drug-likeness (QED) is 0.675. The number of carbonyl (C=O) groups is 1. The summed E-state index contributed by atoms with van der Waals surface area (Å²) in [7, 11) is 0. The van der Waals surface area contributed by atoms with Gasteiger partial charge < -0.3 is 15.8 Å². The first kappa shape index (κ1) is 15.1. The second kappa shape index (κ2) is 7.44. The van der Waals surface area contributed by atoms with Gasteiger partial charge in [-0.3, -0.25) is 9.89 Å². The summed E-state index contributed by atoms with van der Waals surface area (Å²) in [5.41, 5.74) is 8.22. The Labute approximate surface area is 123 Å². The van der Waals surface area contributed by atoms with Crippen LogP contribution in [0.2, 0.25) is 0 Å². The smallest absolute Gasteiger partial charge is 0.273 e. The second-order valence-corrected chi connectivity index (χ2v) is 4.76. The standard InChI is InChI=1S/C15H20N4O2/c1-11-13(16)14(19-18-11)15(20)17-8-5-9-21-10-12-6-3-2-4-7-12/h2-4,6-7H,5,8-10,16H2,1H3,(H,17,20)(H,18,19). The van der Waals surface area contributed by atoms with Crippen molar-refractivity contribution >= 4 is 11.6 Å². The first-order valence-corrected chi connectivity index (χ1v) is 6.89. The van der Waals surface area contributed by atoms with Crippen molar-refractivity contribution in [1.29, 1.82) is 0 Å². The Morgan fingerprint density at radius 1 is 1.38 bits per heavy atom. The largest absolute Gasteiger partial charge is 0.395 e. The highest BCUT2D eigenvalue weighted by Gasteiger charge is 2.14. The number of ether oxygens (including phenoxy) is 1. The third-order valence-corrected chi connectivity index (χ3v) is 3.07. The maximum absolute atomic E-state index is 11.8. The number of nitrogen functional groups attached to an aromatic ring is 1. The van der Waals surface area contributed by atoms with Crippen molar-refractivity contribution < 1.29 is 9.53 Å². The maximum Gasteiger partial charge on any atom is 0.273 e. The molecule has 1 aromatic carbocycles. The molecular formula is C15H20N4O2. The zero-order valence-corrected chi connectivity index (χ0v) is 12.1. The molecule has 0 aliphatic heterocycles. The normalized spacial score (nSPS) is 10.5. The lowest BCUT2D eigenvalue weighted by molar-refractivity contribution is 0.0930. The van der Waals surface area contributed by atoms with Crippen molar-refractivity contribution in [1.82, 2.24) is 15.5 Å². The summed E-state index contributed by atoms with van der Waals surface area (Å²) in [6.07, 6.45) is 0.738. The van der Waals surface area contributed by atoms with E-state index in [0.29, 0.717) is 31.1 Å². The molecule has 0 fully saturated rings. The minimum absolute atomic E-state index is 0.248. The summed E-state index contributed by atoms with van der Waals surface area (Å²) in [6, 6.07) is 9.97. The van der Waals surface area contributed by atoms with Gasteiger partial charge in [-0.2, -0.15) is 5.10 Å². The van der Waals surface area contributed by atoms with Crippen LogP contribution < -0.4 is 11.1 Å². The fraction of sp³-hybridized carbons (Fsp3) is 0.333. The van der Waals surface area contributed by atoms with Crippen LogP contribution in [0, 0.1) is 6.92 Å². The number of nitrogens with zero attached hydrogens (tertiary/aromatic N) is 1. The first-order chi connectivity index (χ1) is 10.2. The van der Waals surface area contributed by atoms with Gasteiger partial charge >= 0.3 is 0 Å². The van der Waals surface area contributed by atoms with Gasteiger partial charge in [0.05, 0.1) is 18.0 Å². The molecule has 6 nitrogen and oxygen atoms in total. The van der Waals surface area contributed by atoms with E-state index in [9.17, 15) is 4.79 Å². The molecule has 0 saturated carbocycles. The number of aryl methyl sites for hydroxylation is 1. The van der Waals surface area contributed by atoms with E-state index in [2.05, 4.69) is 15.5 Å². The van der Waals surface area contributed by atoms with E-state index in [4.69, 9.17) is 10.5 Å². The molecule has 0 aliphatic carbocycles. The molecule has 4 N–H and O–H groups in total. The lowest BCUT2D eigenvalue weighted by Gasteiger charge is -2.06. The van der Waals surface area contributed by atoms with E-state index in [1.165, 1.54) is 0 Å². The van der Waals surface area contributed by atoms with E-state index >= 15 is 0 Å². The summed E-state index contributed by atoms with van der Waals surface area (Å²) in [5, 5.41) is 9.33. The van der Waals surface area contributed by atoms with Gasteiger partial charge in [0.2, 0.25) is 0 Å². The van der Waals surface area contributed by atoms with Crippen LogP contribution in [0.1, 0.15) is 28.2 Å². The molecule has 0 atom stereocenters. The van der Waals surface area contributed by atoms with Crippen LogP contribution in [0.15, 0.2) is 30.3 Å². The number of nitrogens with two attached hydrogens (primary N) is 1. The molecule has 1 amide bonds. The van der Waals surface area contributed by atoms with Crippen LogP contribution in [0.25, 0.3) is 0 Å². The van der Waals surface area contributed by atoms with Crippen LogP contribution >= 0.6 is 0 Å². The number of hydrogen-bond acceptors (Lipinski definition) is 4. The number of nitrogens with one attached hydrogen (secondary N) is 2. The van der Waals surface area contributed by atoms with Gasteiger partial charge in [-0.25, -0.2) is 0 Å². The predicted molar refractivity (Wildman–Crippen MR) is 80.8 cm³/mol. The molecular weight excluding hydrogens is 268 g/mol. The highest BCUT2D eigenvalue weighted by molar-refractivity contribution is 5.97. The van der Waals surface area contributed by atoms with Crippen molar-refractivity contribution in [3.05, 3.63) is 47.3 Å². The Morgan fingerprint density at radius 2 is 2.14 bits per heavy atom. The number of rotatable bonds is 7. The molecule has 2 rings (SSSR count). The topological polar surface area (TPSA) is 93.0 Å². The fourth-order valence-electron chi connectivity index (χ4n) is 1.84. The Morgan fingerprint density at radius 3 is 2.81 bits per heavy atom.